The van der Waals surface area contributed by atoms with E-state index < -0.39 is 11.9 Å². The molecule has 1 aromatic heterocycles. The van der Waals surface area contributed by atoms with Gasteiger partial charge in [0.1, 0.15) is 17.3 Å². The number of ether oxygens (including phenoxy) is 5. The van der Waals surface area contributed by atoms with Crippen molar-refractivity contribution in [1.29, 1.82) is 0 Å². The lowest BCUT2D eigenvalue weighted by molar-refractivity contribution is 0.147. The third-order valence-corrected chi connectivity index (χ3v) is 7.85. The molecule has 1 aliphatic heterocycles. The minimum absolute atomic E-state index is 0.0151. The maximum atomic E-state index is 15.1. The molecule has 0 aliphatic carbocycles. The zero-order valence-electron chi connectivity index (χ0n) is 27.3. The van der Waals surface area contributed by atoms with E-state index in [2.05, 4.69) is 27.2 Å². The Morgan fingerprint density at radius 3 is 2.51 bits per heavy atom. The Morgan fingerprint density at radius 2 is 1.77 bits per heavy atom. The molecule has 3 aromatic carbocycles. The van der Waals surface area contributed by atoms with E-state index in [-0.39, 0.29) is 29.8 Å². The molecule has 11 nitrogen and oxygen atoms in total. The zero-order chi connectivity index (χ0) is 33.3. The number of likely N-dealkylation sites (tertiary alicyclic amines) is 1. The average Bonchev–Trinajstić information content (AvgIpc) is 3.07. The molecule has 248 valence electrons. The van der Waals surface area contributed by atoms with E-state index in [1.165, 1.54) is 24.3 Å². The van der Waals surface area contributed by atoms with Crippen molar-refractivity contribution in [3.8, 4) is 28.7 Å². The summed E-state index contributed by atoms with van der Waals surface area (Å²) in [5.74, 6) is 2.18. The van der Waals surface area contributed by atoms with E-state index in [0.29, 0.717) is 41.0 Å². The average molecular weight is 646 g/mol. The predicted octanol–water partition coefficient (Wildman–Crippen LogP) is 6.62. The second-order valence-electron chi connectivity index (χ2n) is 11.4. The molecule has 47 heavy (non-hydrogen) atoms. The fourth-order valence-corrected chi connectivity index (χ4v) is 5.43. The summed E-state index contributed by atoms with van der Waals surface area (Å²) in [6, 6.07) is 16.8. The molecule has 0 bridgehead atoms. The van der Waals surface area contributed by atoms with Crippen molar-refractivity contribution in [2.24, 2.45) is 5.92 Å². The third kappa shape index (κ3) is 8.59. The first-order valence-corrected chi connectivity index (χ1v) is 15.3. The predicted molar refractivity (Wildman–Crippen MR) is 177 cm³/mol. The first-order chi connectivity index (χ1) is 22.8. The number of benzene rings is 3. The maximum absolute atomic E-state index is 15.1. The van der Waals surface area contributed by atoms with Crippen LogP contribution in [0.2, 0.25) is 0 Å². The number of aryl methyl sites for hydroxylation is 1. The number of anilines is 3. The van der Waals surface area contributed by atoms with Gasteiger partial charge in [-0.1, -0.05) is 6.07 Å². The highest BCUT2D eigenvalue weighted by molar-refractivity contribution is 5.88. The smallest absolute Gasteiger partial charge is 0.421 e. The van der Waals surface area contributed by atoms with E-state index in [4.69, 9.17) is 23.7 Å². The first kappa shape index (κ1) is 33.3. The molecule has 1 N–H and O–H groups in total. The van der Waals surface area contributed by atoms with Crippen LogP contribution in [0, 0.1) is 18.7 Å². The van der Waals surface area contributed by atoms with Crippen LogP contribution in [0.3, 0.4) is 0 Å². The Kier molecular flexibility index (Phi) is 10.9. The fourth-order valence-electron chi connectivity index (χ4n) is 5.43. The monoisotopic (exact) mass is 645 g/mol. The molecule has 4 aromatic rings. The van der Waals surface area contributed by atoms with Gasteiger partial charge in [-0.05, 0) is 87.5 Å². The van der Waals surface area contributed by atoms with Crippen LogP contribution in [0.15, 0.2) is 66.9 Å². The van der Waals surface area contributed by atoms with Gasteiger partial charge in [0, 0.05) is 36.0 Å². The van der Waals surface area contributed by atoms with E-state index in [1.54, 1.807) is 62.8 Å². The number of halogens is 1. The lowest BCUT2D eigenvalue weighted by atomic mass is 10.00. The van der Waals surface area contributed by atoms with Crippen LogP contribution in [0.1, 0.15) is 24.0 Å². The quantitative estimate of drug-likeness (QED) is 0.181. The van der Waals surface area contributed by atoms with Gasteiger partial charge in [0.25, 0.3) is 0 Å². The van der Waals surface area contributed by atoms with Crippen LogP contribution in [-0.2, 0) is 6.54 Å². The summed E-state index contributed by atoms with van der Waals surface area (Å²) in [7, 11) is 6.69. The van der Waals surface area contributed by atoms with Gasteiger partial charge in [-0.15, -0.1) is 0 Å². The molecule has 5 rings (SSSR count). The van der Waals surface area contributed by atoms with Gasteiger partial charge in [-0.3, -0.25) is 4.90 Å². The number of aromatic nitrogens is 2. The van der Waals surface area contributed by atoms with Gasteiger partial charge in [0.2, 0.25) is 5.95 Å². The molecular weight excluding hydrogens is 605 g/mol. The normalized spacial score (nSPS) is 14.6. The van der Waals surface area contributed by atoms with Crippen LogP contribution >= 0.6 is 0 Å². The van der Waals surface area contributed by atoms with Crippen molar-refractivity contribution in [3.05, 3.63) is 83.8 Å². The Morgan fingerprint density at radius 1 is 0.979 bits per heavy atom. The number of nitrogens with zero attached hydrogens (tertiary/aromatic N) is 4. The number of carbonyl (C=O) groups is 1. The molecule has 2 heterocycles. The largest absolute Gasteiger partial charge is 0.497 e. The number of carbonyl (C=O) groups excluding carboxylic acids is 1. The molecule has 1 amide bonds. The lowest BCUT2D eigenvalue weighted by Crippen LogP contribution is -2.34. The van der Waals surface area contributed by atoms with Crippen molar-refractivity contribution < 1.29 is 32.9 Å². The Hall–Kier alpha value is -5.10. The summed E-state index contributed by atoms with van der Waals surface area (Å²) in [6.07, 6.45) is 2.94. The molecule has 1 aliphatic rings. The van der Waals surface area contributed by atoms with Crippen LogP contribution < -0.4 is 33.9 Å². The van der Waals surface area contributed by atoms with Gasteiger partial charge >= 0.3 is 6.09 Å². The van der Waals surface area contributed by atoms with Crippen LogP contribution in [-0.4, -0.2) is 69.0 Å². The van der Waals surface area contributed by atoms with Crippen molar-refractivity contribution >= 4 is 23.5 Å². The van der Waals surface area contributed by atoms with Crippen molar-refractivity contribution in [3.63, 3.8) is 0 Å². The second-order valence-corrected chi connectivity index (χ2v) is 11.4. The number of amides is 1. The van der Waals surface area contributed by atoms with Crippen LogP contribution in [0.4, 0.5) is 26.6 Å². The highest BCUT2D eigenvalue weighted by Crippen LogP contribution is 2.32. The summed E-state index contributed by atoms with van der Waals surface area (Å²) in [4.78, 5) is 26.3. The van der Waals surface area contributed by atoms with Gasteiger partial charge < -0.3 is 33.9 Å². The molecular formula is C35H40FN5O6. The van der Waals surface area contributed by atoms with E-state index in [9.17, 15) is 4.79 Å². The number of nitrogens with one attached hydrogen (secondary N) is 1. The highest BCUT2D eigenvalue weighted by Gasteiger charge is 2.24. The third-order valence-electron chi connectivity index (χ3n) is 7.85. The lowest BCUT2D eigenvalue weighted by Gasteiger charge is -2.29. The summed E-state index contributed by atoms with van der Waals surface area (Å²) < 4.78 is 43.1. The minimum atomic E-state index is -0.722. The topological polar surface area (TPSA) is 108 Å². The number of rotatable bonds is 12. The second kappa shape index (κ2) is 15.5. The van der Waals surface area contributed by atoms with E-state index >= 15 is 4.39 Å². The SMILES string of the molecule is COc1ccc(OC)c(CN(C(=O)Oc2cc(C)ccc2OC)c2ccnc(Nc3ccc(OCC4CCCN(C)C4)c(F)c3)n2)c1. The van der Waals surface area contributed by atoms with Gasteiger partial charge in [-0.25, -0.2) is 14.2 Å². The zero-order valence-corrected chi connectivity index (χ0v) is 27.3. The fraction of sp³-hybridized carbons (Fsp3) is 0.343. The Labute approximate surface area is 274 Å². The standard InChI is InChI=1S/C35H40FN5O6/c1-23-8-11-31(45-5)32(17-23)47-35(42)41(21-25-18-27(43-3)10-13-29(25)44-4)33-14-15-37-34(39-33)38-26-9-12-30(28(36)19-26)46-22-24-7-6-16-40(2)20-24/h8-15,17-19,24H,6-7,16,20-22H2,1-5H3,(H,37,38,39). The summed E-state index contributed by atoms with van der Waals surface area (Å²) in [5, 5.41) is 3.03. The molecule has 1 atom stereocenters. The van der Waals surface area contributed by atoms with Crippen molar-refractivity contribution in [2.75, 3.05) is 58.3 Å². The minimum Gasteiger partial charge on any atom is -0.497 e. The van der Waals surface area contributed by atoms with E-state index in [1.807, 2.05) is 13.0 Å². The van der Waals surface area contributed by atoms with Gasteiger partial charge in [0.15, 0.2) is 23.1 Å². The molecule has 0 saturated carbocycles. The van der Waals surface area contributed by atoms with Crippen LogP contribution in [0.25, 0.3) is 0 Å². The maximum Gasteiger partial charge on any atom is 0.421 e. The number of hydrogen-bond donors (Lipinski definition) is 1. The first-order valence-electron chi connectivity index (χ1n) is 15.3. The Balaban J connectivity index is 1.38. The van der Waals surface area contributed by atoms with Crippen molar-refractivity contribution in [1.82, 2.24) is 14.9 Å². The molecule has 0 spiro atoms. The molecule has 12 heteroatoms. The summed E-state index contributed by atoms with van der Waals surface area (Å²) in [5.41, 5.74) is 1.94. The number of hydrogen-bond acceptors (Lipinski definition) is 10. The van der Waals surface area contributed by atoms with Gasteiger partial charge in [0.05, 0.1) is 34.5 Å². The van der Waals surface area contributed by atoms with Crippen molar-refractivity contribution in [2.45, 2.75) is 26.3 Å². The van der Waals surface area contributed by atoms with Crippen LogP contribution in [0.5, 0.6) is 28.7 Å². The summed E-state index contributed by atoms with van der Waals surface area (Å²) >= 11 is 0. The van der Waals surface area contributed by atoms with Gasteiger partial charge in [-0.2, -0.15) is 4.98 Å². The molecule has 1 saturated heterocycles. The Bertz CT molecular complexity index is 1690. The molecule has 0 radical (unpaired) electrons. The number of methoxy groups -OCH3 is 3. The molecule has 1 fully saturated rings. The van der Waals surface area contributed by atoms with E-state index in [0.717, 1.165) is 31.5 Å². The molecule has 1 unspecified atom stereocenters. The number of piperidine rings is 1. The highest BCUT2D eigenvalue weighted by atomic mass is 19.1. The summed E-state index contributed by atoms with van der Waals surface area (Å²) in [6.45, 7) is 4.36.